The van der Waals surface area contributed by atoms with Crippen molar-refractivity contribution in [3.05, 3.63) is 54.2 Å². The number of benzene rings is 2. The number of amides is 2. The standard InChI is InChI=1S/C19H19N3O4/c1-25-12-9-16-14(17(10-12)26-2)7-8-22(16)11-18(23)21-15-6-4-3-5-13(15)19(20)24/h3-10H,11H2,1-2H3,(H2,20,24)(H,21,23). The highest BCUT2D eigenvalue weighted by Crippen LogP contribution is 2.31. The minimum Gasteiger partial charge on any atom is -0.497 e. The zero-order chi connectivity index (χ0) is 18.7. The first-order chi connectivity index (χ1) is 12.5. The van der Waals surface area contributed by atoms with Crippen LogP contribution in [0.1, 0.15) is 10.4 Å². The predicted molar refractivity (Wildman–Crippen MR) is 98.6 cm³/mol. The number of ether oxygens (including phenoxy) is 2. The van der Waals surface area contributed by atoms with E-state index in [0.717, 1.165) is 10.9 Å². The van der Waals surface area contributed by atoms with Gasteiger partial charge >= 0.3 is 0 Å². The summed E-state index contributed by atoms with van der Waals surface area (Å²) in [6.07, 6.45) is 1.80. The van der Waals surface area contributed by atoms with Crippen LogP contribution in [0.3, 0.4) is 0 Å². The van der Waals surface area contributed by atoms with Crippen LogP contribution in [-0.4, -0.2) is 30.6 Å². The van der Waals surface area contributed by atoms with Gasteiger partial charge in [0.25, 0.3) is 5.91 Å². The third kappa shape index (κ3) is 3.32. The first-order valence-electron chi connectivity index (χ1n) is 7.93. The van der Waals surface area contributed by atoms with E-state index < -0.39 is 5.91 Å². The van der Waals surface area contributed by atoms with Crippen molar-refractivity contribution in [2.45, 2.75) is 6.54 Å². The second-order valence-corrected chi connectivity index (χ2v) is 5.66. The van der Waals surface area contributed by atoms with Gasteiger partial charge < -0.3 is 25.1 Å². The Morgan fingerprint density at radius 3 is 2.58 bits per heavy atom. The summed E-state index contributed by atoms with van der Waals surface area (Å²) in [5, 5.41) is 3.60. The Balaban J connectivity index is 1.87. The lowest BCUT2D eigenvalue weighted by atomic mass is 10.1. The van der Waals surface area contributed by atoms with E-state index in [0.29, 0.717) is 17.2 Å². The lowest BCUT2D eigenvalue weighted by Crippen LogP contribution is -2.21. The lowest BCUT2D eigenvalue weighted by molar-refractivity contribution is -0.116. The van der Waals surface area contributed by atoms with Crippen molar-refractivity contribution in [1.82, 2.24) is 4.57 Å². The summed E-state index contributed by atoms with van der Waals surface area (Å²) in [4.78, 5) is 23.9. The van der Waals surface area contributed by atoms with E-state index in [4.69, 9.17) is 15.2 Å². The van der Waals surface area contributed by atoms with Crippen LogP contribution in [-0.2, 0) is 11.3 Å². The average molecular weight is 353 g/mol. The molecule has 1 heterocycles. The maximum absolute atomic E-state index is 12.5. The van der Waals surface area contributed by atoms with Gasteiger partial charge in [-0.15, -0.1) is 0 Å². The Kier molecular flexibility index (Phi) is 4.79. The smallest absolute Gasteiger partial charge is 0.250 e. The molecule has 0 aliphatic rings. The summed E-state index contributed by atoms with van der Waals surface area (Å²) in [5.74, 6) is 0.422. The van der Waals surface area contributed by atoms with Crippen LogP contribution in [0.5, 0.6) is 11.5 Å². The van der Waals surface area contributed by atoms with E-state index in [-0.39, 0.29) is 18.0 Å². The number of anilines is 1. The minimum absolute atomic E-state index is 0.0624. The first kappa shape index (κ1) is 17.3. The van der Waals surface area contributed by atoms with Gasteiger partial charge in [0, 0.05) is 23.7 Å². The van der Waals surface area contributed by atoms with Gasteiger partial charge in [-0.2, -0.15) is 0 Å². The average Bonchev–Trinajstić information content (AvgIpc) is 3.03. The predicted octanol–water partition coefficient (Wildman–Crippen LogP) is 2.40. The van der Waals surface area contributed by atoms with Gasteiger partial charge in [0.2, 0.25) is 5.91 Å². The molecular formula is C19H19N3O4. The van der Waals surface area contributed by atoms with E-state index in [1.807, 2.05) is 12.1 Å². The summed E-state index contributed by atoms with van der Waals surface area (Å²) in [5.41, 5.74) is 6.80. The van der Waals surface area contributed by atoms with Crippen molar-refractivity contribution in [2.75, 3.05) is 19.5 Å². The van der Waals surface area contributed by atoms with E-state index in [1.165, 1.54) is 0 Å². The van der Waals surface area contributed by atoms with Crippen LogP contribution < -0.4 is 20.5 Å². The van der Waals surface area contributed by atoms with Crippen molar-refractivity contribution in [3.8, 4) is 11.5 Å². The first-order valence-corrected chi connectivity index (χ1v) is 7.93. The van der Waals surface area contributed by atoms with Gasteiger partial charge in [-0.05, 0) is 18.2 Å². The Bertz CT molecular complexity index is 978. The highest BCUT2D eigenvalue weighted by molar-refractivity contribution is 6.03. The fraction of sp³-hybridized carbons (Fsp3) is 0.158. The molecule has 0 spiro atoms. The third-order valence-corrected chi connectivity index (χ3v) is 4.06. The van der Waals surface area contributed by atoms with Crippen LogP contribution in [0, 0.1) is 0 Å². The van der Waals surface area contributed by atoms with Crippen LogP contribution >= 0.6 is 0 Å². The topological polar surface area (TPSA) is 95.6 Å². The van der Waals surface area contributed by atoms with Gasteiger partial charge in [-0.1, -0.05) is 12.1 Å². The highest BCUT2D eigenvalue weighted by atomic mass is 16.5. The number of hydrogen-bond donors (Lipinski definition) is 2. The van der Waals surface area contributed by atoms with Gasteiger partial charge in [0.05, 0.1) is 31.0 Å². The normalized spacial score (nSPS) is 10.5. The molecule has 0 radical (unpaired) electrons. The number of nitrogens with two attached hydrogens (primary N) is 1. The summed E-state index contributed by atoms with van der Waals surface area (Å²) in [6.45, 7) is 0.0624. The van der Waals surface area contributed by atoms with Crippen LogP contribution in [0.2, 0.25) is 0 Å². The molecular weight excluding hydrogens is 334 g/mol. The van der Waals surface area contributed by atoms with Crippen LogP contribution in [0.25, 0.3) is 10.9 Å². The molecule has 0 unspecified atom stereocenters. The zero-order valence-corrected chi connectivity index (χ0v) is 14.5. The lowest BCUT2D eigenvalue weighted by Gasteiger charge is -2.11. The number of nitrogens with one attached hydrogen (secondary N) is 1. The quantitative estimate of drug-likeness (QED) is 0.711. The van der Waals surface area contributed by atoms with Crippen LogP contribution in [0.15, 0.2) is 48.7 Å². The van der Waals surface area contributed by atoms with Crippen molar-refractivity contribution < 1.29 is 19.1 Å². The number of para-hydroxylation sites is 1. The van der Waals surface area contributed by atoms with Crippen molar-refractivity contribution in [2.24, 2.45) is 5.73 Å². The summed E-state index contributed by atoms with van der Waals surface area (Å²) >= 11 is 0. The number of primary amides is 1. The molecule has 26 heavy (non-hydrogen) atoms. The molecule has 134 valence electrons. The molecule has 1 aromatic heterocycles. The number of methoxy groups -OCH3 is 2. The molecule has 0 aliphatic carbocycles. The zero-order valence-electron chi connectivity index (χ0n) is 14.5. The largest absolute Gasteiger partial charge is 0.497 e. The molecule has 3 rings (SSSR count). The molecule has 7 nitrogen and oxygen atoms in total. The molecule has 3 aromatic rings. The Morgan fingerprint density at radius 2 is 1.88 bits per heavy atom. The SMILES string of the molecule is COc1cc(OC)c2ccn(CC(=O)Nc3ccccc3C(N)=O)c2c1. The van der Waals surface area contributed by atoms with E-state index in [9.17, 15) is 9.59 Å². The number of fused-ring (bicyclic) bond motifs is 1. The summed E-state index contributed by atoms with van der Waals surface area (Å²) in [6, 6.07) is 12.1. The third-order valence-electron chi connectivity index (χ3n) is 4.06. The second-order valence-electron chi connectivity index (χ2n) is 5.66. The Morgan fingerprint density at radius 1 is 1.12 bits per heavy atom. The Hall–Kier alpha value is -3.48. The Labute approximate surface area is 150 Å². The fourth-order valence-electron chi connectivity index (χ4n) is 2.81. The maximum Gasteiger partial charge on any atom is 0.250 e. The monoisotopic (exact) mass is 353 g/mol. The number of carbonyl (C=O) groups is 2. The summed E-state index contributed by atoms with van der Waals surface area (Å²) < 4.78 is 12.4. The van der Waals surface area contributed by atoms with Gasteiger partial charge in [0.15, 0.2) is 0 Å². The maximum atomic E-state index is 12.5. The number of aromatic nitrogens is 1. The number of carbonyl (C=O) groups excluding carboxylic acids is 2. The minimum atomic E-state index is -0.596. The van der Waals surface area contributed by atoms with E-state index >= 15 is 0 Å². The molecule has 0 atom stereocenters. The molecule has 0 aliphatic heterocycles. The number of nitrogens with zero attached hydrogens (tertiary/aromatic N) is 1. The highest BCUT2D eigenvalue weighted by Gasteiger charge is 2.14. The molecule has 0 saturated heterocycles. The molecule has 3 N–H and O–H groups in total. The van der Waals surface area contributed by atoms with Crippen LogP contribution in [0.4, 0.5) is 5.69 Å². The van der Waals surface area contributed by atoms with Gasteiger partial charge in [-0.25, -0.2) is 0 Å². The molecule has 0 saturated carbocycles. The number of rotatable bonds is 6. The van der Waals surface area contributed by atoms with E-state index in [1.54, 1.807) is 55.3 Å². The molecule has 2 amide bonds. The van der Waals surface area contributed by atoms with Gasteiger partial charge in [0.1, 0.15) is 18.0 Å². The number of hydrogen-bond acceptors (Lipinski definition) is 4. The van der Waals surface area contributed by atoms with Gasteiger partial charge in [-0.3, -0.25) is 9.59 Å². The molecule has 0 bridgehead atoms. The van der Waals surface area contributed by atoms with E-state index in [2.05, 4.69) is 5.32 Å². The molecule has 0 fully saturated rings. The fourth-order valence-corrected chi connectivity index (χ4v) is 2.81. The summed E-state index contributed by atoms with van der Waals surface area (Å²) in [7, 11) is 3.15. The second kappa shape index (κ2) is 7.18. The van der Waals surface area contributed by atoms with Crippen molar-refractivity contribution >= 4 is 28.4 Å². The van der Waals surface area contributed by atoms with Crippen molar-refractivity contribution in [1.29, 1.82) is 0 Å². The molecule has 2 aromatic carbocycles. The van der Waals surface area contributed by atoms with Crippen molar-refractivity contribution in [3.63, 3.8) is 0 Å². The molecule has 7 heteroatoms.